The van der Waals surface area contributed by atoms with Gasteiger partial charge >= 0.3 is 0 Å². The topological polar surface area (TPSA) is 61.4 Å². The van der Waals surface area contributed by atoms with Crippen molar-refractivity contribution in [3.8, 4) is 17.2 Å². The number of pyridine rings is 1. The predicted molar refractivity (Wildman–Crippen MR) is 92.3 cm³/mol. The summed E-state index contributed by atoms with van der Waals surface area (Å²) in [5.41, 5.74) is 6.45. The lowest BCUT2D eigenvalue weighted by atomic mass is 10.1. The van der Waals surface area contributed by atoms with E-state index in [-0.39, 0.29) is 0 Å². The van der Waals surface area contributed by atoms with Gasteiger partial charge in [0.1, 0.15) is 11.5 Å². The Morgan fingerprint density at radius 3 is 2.38 bits per heavy atom. The number of fused-ring (bicyclic) bond motifs is 1. The first-order chi connectivity index (χ1) is 11.5. The Labute approximate surface area is 141 Å². The number of hydrogen-bond acceptors (Lipinski definition) is 4. The maximum absolute atomic E-state index is 4.84. The number of rotatable bonds is 2. The number of nitrogens with zero attached hydrogens (tertiary/aromatic N) is 6. The molecule has 4 heterocycles. The quantitative estimate of drug-likeness (QED) is 0.727. The van der Waals surface area contributed by atoms with Crippen LogP contribution in [-0.2, 0) is 13.0 Å². The van der Waals surface area contributed by atoms with E-state index in [2.05, 4.69) is 26.7 Å². The second-order valence-corrected chi connectivity index (χ2v) is 6.60. The van der Waals surface area contributed by atoms with E-state index in [1.165, 1.54) is 24.1 Å². The fourth-order valence-electron chi connectivity index (χ4n) is 3.54. The lowest BCUT2D eigenvalue weighted by Gasteiger charge is -2.13. The highest BCUT2D eigenvalue weighted by molar-refractivity contribution is 5.59. The van der Waals surface area contributed by atoms with Gasteiger partial charge in [-0.25, -0.2) is 9.67 Å². The minimum atomic E-state index is 0.752. The molecule has 0 unspecified atom stereocenters. The van der Waals surface area contributed by atoms with Gasteiger partial charge in [0.25, 0.3) is 0 Å². The van der Waals surface area contributed by atoms with E-state index in [1.807, 2.05) is 37.6 Å². The van der Waals surface area contributed by atoms with Gasteiger partial charge in [0.2, 0.25) is 0 Å². The van der Waals surface area contributed by atoms with E-state index in [0.29, 0.717) is 0 Å². The second kappa shape index (κ2) is 5.54. The van der Waals surface area contributed by atoms with Crippen molar-refractivity contribution in [2.45, 2.75) is 53.5 Å². The molecule has 0 N–H and O–H groups in total. The van der Waals surface area contributed by atoms with E-state index >= 15 is 0 Å². The molecule has 0 saturated carbocycles. The molecule has 1 aliphatic rings. The first kappa shape index (κ1) is 15.1. The molecule has 0 bridgehead atoms. The third-order valence-corrected chi connectivity index (χ3v) is 4.59. The molecule has 0 fully saturated rings. The van der Waals surface area contributed by atoms with Gasteiger partial charge in [0.05, 0.1) is 5.69 Å². The van der Waals surface area contributed by atoms with Crippen LogP contribution in [0.1, 0.15) is 41.3 Å². The molecule has 24 heavy (non-hydrogen) atoms. The smallest absolute Gasteiger partial charge is 0.184 e. The monoisotopic (exact) mass is 322 g/mol. The molecular formula is C18H22N6. The average molecular weight is 322 g/mol. The van der Waals surface area contributed by atoms with Crippen molar-refractivity contribution >= 4 is 0 Å². The fourth-order valence-corrected chi connectivity index (χ4v) is 3.54. The molecule has 3 aromatic heterocycles. The Balaban J connectivity index is 1.90. The maximum Gasteiger partial charge on any atom is 0.184 e. The van der Waals surface area contributed by atoms with Gasteiger partial charge in [-0.15, -0.1) is 0 Å². The molecule has 4 rings (SSSR count). The van der Waals surface area contributed by atoms with Gasteiger partial charge in [-0.2, -0.15) is 10.2 Å². The maximum atomic E-state index is 4.84. The summed E-state index contributed by atoms with van der Waals surface area (Å²) in [7, 11) is 0. The molecule has 0 aromatic carbocycles. The summed E-state index contributed by atoms with van der Waals surface area (Å²) in [4.78, 5) is 9.13. The van der Waals surface area contributed by atoms with Crippen molar-refractivity contribution < 1.29 is 0 Å². The lowest BCUT2D eigenvalue weighted by molar-refractivity contribution is 0.485. The fraction of sp³-hybridized carbons (Fsp3) is 0.444. The van der Waals surface area contributed by atoms with Crippen LogP contribution >= 0.6 is 0 Å². The molecule has 3 aromatic rings. The van der Waals surface area contributed by atoms with Crippen LogP contribution in [0, 0.1) is 27.7 Å². The average Bonchev–Trinajstić information content (AvgIpc) is 3.07. The van der Waals surface area contributed by atoms with Crippen LogP contribution in [-0.4, -0.2) is 29.5 Å². The Kier molecular flexibility index (Phi) is 3.48. The number of aryl methyl sites for hydroxylation is 4. The Morgan fingerprint density at radius 1 is 0.917 bits per heavy atom. The Bertz CT molecular complexity index is 898. The molecule has 0 amide bonds. The van der Waals surface area contributed by atoms with Crippen LogP contribution in [0.25, 0.3) is 17.2 Å². The third kappa shape index (κ3) is 2.42. The molecule has 6 nitrogen and oxygen atoms in total. The van der Waals surface area contributed by atoms with E-state index in [1.54, 1.807) is 0 Å². The minimum absolute atomic E-state index is 0.752. The lowest BCUT2D eigenvalue weighted by Crippen LogP contribution is -2.11. The zero-order valence-corrected chi connectivity index (χ0v) is 14.7. The van der Waals surface area contributed by atoms with Crippen molar-refractivity contribution in [2.75, 3.05) is 0 Å². The zero-order chi connectivity index (χ0) is 16.8. The highest BCUT2D eigenvalue weighted by atomic mass is 15.4. The van der Waals surface area contributed by atoms with Gasteiger partial charge in [-0.05, 0) is 59.1 Å². The van der Waals surface area contributed by atoms with Gasteiger partial charge in [0.15, 0.2) is 5.82 Å². The van der Waals surface area contributed by atoms with Crippen LogP contribution in [0.2, 0.25) is 0 Å². The number of hydrogen-bond donors (Lipinski definition) is 0. The largest absolute Gasteiger partial charge is 0.269 e. The Morgan fingerprint density at radius 2 is 1.67 bits per heavy atom. The normalized spacial score (nSPS) is 14.0. The summed E-state index contributed by atoms with van der Waals surface area (Å²) in [6.45, 7) is 9.07. The van der Waals surface area contributed by atoms with E-state index in [9.17, 15) is 0 Å². The molecular weight excluding hydrogens is 300 g/mol. The standard InChI is InChI=1S/C18H22N6/c1-11-9-15(10-12(2)19-11)24-18(20-14(4)21-24)17-13(3)16-7-5-6-8-23(16)22-17/h9-10H,5-8H2,1-4H3. The van der Waals surface area contributed by atoms with E-state index in [4.69, 9.17) is 5.10 Å². The third-order valence-electron chi connectivity index (χ3n) is 4.59. The highest BCUT2D eigenvalue weighted by Gasteiger charge is 2.23. The van der Waals surface area contributed by atoms with Crippen molar-refractivity contribution in [2.24, 2.45) is 0 Å². The first-order valence-corrected chi connectivity index (χ1v) is 8.49. The molecule has 0 radical (unpaired) electrons. The first-order valence-electron chi connectivity index (χ1n) is 8.49. The van der Waals surface area contributed by atoms with Crippen LogP contribution < -0.4 is 0 Å². The summed E-state index contributed by atoms with van der Waals surface area (Å²) in [6, 6.07) is 4.08. The number of aromatic nitrogens is 6. The SMILES string of the molecule is Cc1cc(-n2nc(C)nc2-c2nn3c(c2C)CCCC3)cc(C)n1. The second-order valence-electron chi connectivity index (χ2n) is 6.60. The summed E-state index contributed by atoms with van der Waals surface area (Å²) in [5.74, 6) is 1.57. The zero-order valence-electron chi connectivity index (χ0n) is 14.7. The van der Waals surface area contributed by atoms with Crippen LogP contribution in [0.4, 0.5) is 0 Å². The summed E-state index contributed by atoms with van der Waals surface area (Å²) in [5, 5.41) is 9.46. The summed E-state index contributed by atoms with van der Waals surface area (Å²) >= 11 is 0. The minimum Gasteiger partial charge on any atom is -0.269 e. The molecule has 124 valence electrons. The summed E-state index contributed by atoms with van der Waals surface area (Å²) in [6.07, 6.45) is 3.53. The van der Waals surface area contributed by atoms with Crippen LogP contribution in [0.3, 0.4) is 0 Å². The van der Waals surface area contributed by atoms with Gasteiger partial charge < -0.3 is 0 Å². The molecule has 0 atom stereocenters. The highest BCUT2D eigenvalue weighted by Crippen LogP contribution is 2.29. The van der Waals surface area contributed by atoms with Crippen molar-refractivity contribution in [3.05, 3.63) is 40.6 Å². The van der Waals surface area contributed by atoms with Crippen LogP contribution in [0.15, 0.2) is 12.1 Å². The summed E-state index contributed by atoms with van der Waals surface area (Å²) < 4.78 is 4.05. The van der Waals surface area contributed by atoms with Gasteiger partial charge in [-0.3, -0.25) is 9.67 Å². The molecule has 1 aliphatic heterocycles. The van der Waals surface area contributed by atoms with Crippen LogP contribution in [0.5, 0.6) is 0 Å². The Hall–Kier alpha value is -2.50. The van der Waals surface area contributed by atoms with Gasteiger partial charge in [-0.1, -0.05) is 0 Å². The van der Waals surface area contributed by atoms with Crippen molar-refractivity contribution in [1.82, 2.24) is 29.5 Å². The van der Waals surface area contributed by atoms with E-state index < -0.39 is 0 Å². The van der Waals surface area contributed by atoms with Crippen molar-refractivity contribution in [1.29, 1.82) is 0 Å². The molecule has 0 aliphatic carbocycles. The predicted octanol–water partition coefficient (Wildman–Crippen LogP) is 3.10. The van der Waals surface area contributed by atoms with E-state index in [0.717, 1.165) is 47.4 Å². The van der Waals surface area contributed by atoms with Crippen molar-refractivity contribution in [3.63, 3.8) is 0 Å². The molecule has 0 spiro atoms. The molecule has 6 heteroatoms. The van der Waals surface area contributed by atoms with Gasteiger partial charge in [0, 0.05) is 29.2 Å². The molecule has 0 saturated heterocycles.